The van der Waals surface area contributed by atoms with Gasteiger partial charge in [0.1, 0.15) is 5.52 Å². The number of nitrogen functional groups attached to an aromatic ring is 1. The lowest BCUT2D eigenvalue weighted by molar-refractivity contribution is 0.286. The fraction of sp³-hybridized carbons (Fsp3) is 0.471. The van der Waals surface area contributed by atoms with Crippen LogP contribution in [0.4, 0.5) is 5.82 Å². The van der Waals surface area contributed by atoms with Crippen molar-refractivity contribution in [3.8, 4) is 6.01 Å². The molecular weight excluding hydrogens is 362 g/mol. The highest BCUT2D eigenvalue weighted by atomic mass is 16.5. The van der Waals surface area contributed by atoms with E-state index in [2.05, 4.69) is 37.2 Å². The fourth-order valence-electron chi connectivity index (χ4n) is 2.58. The van der Waals surface area contributed by atoms with Gasteiger partial charge in [-0.05, 0) is 6.42 Å². The number of aromatic amines is 1. The summed E-state index contributed by atoms with van der Waals surface area (Å²) in [4.78, 5) is 32.2. The zero-order chi connectivity index (χ0) is 19.9. The van der Waals surface area contributed by atoms with Crippen molar-refractivity contribution < 1.29 is 4.74 Å². The second-order valence-corrected chi connectivity index (χ2v) is 6.27. The highest BCUT2D eigenvalue weighted by Crippen LogP contribution is 2.18. The Morgan fingerprint density at radius 3 is 2.75 bits per heavy atom. The van der Waals surface area contributed by atoms with Crippen molar-refractivity contribution in [3.05, 3.63) is 34.3 Å². The number of ether oxygens (including phenoxy) is 1. The Bertz CT molecular complexity index is 965. The standard InChI is InChI=1S/C17H25N9O2/c1-2-3-6-28-16-24-14(19)13-15(25-16)26(17(27)23-13)10-12-9-21-11(8-22-12)7-20-5-4-18/h8-9,20H,2-7,10,18H2,1H3,(H,23,27)(H2,19,24,25). The first-order chi connectivity index (χ1) is 13.6. The van der Waals surface area contributed by atoms with Crippen molar-refractivity contribution in [2.45, 2.75) is 32.9 Å². The summed E-state index contributed by atoms with van der Waals surface area (Å²) >= 11 is 0. The average molecular weight is 387 g/mol. The van der Waals surface area contributed by atoms with E-state index < -0.39 is 0 Å². The van der Waals surface area contributed by atoms with Crippen LogP contribution in [0.3, 0.4) is 0 Å². The van der Waals surface area contributed by atoms with E-state index in [0.717, 1.165) is 18.5 Å². The number of nitrogens with zero attached hydrogens (tertiary/aromatic N) is 5. The molecule has 11 nitrogen and oxygen atoms in total. The minimum atomic E-state index is -0.350. The molecule has 0 aliphatic rings. The number of hydrogen-bond donors (Lipinski definition) is 4. The SMILES string of the molecule is CCCCOc1nc(N)c2[nH]c(=O)n(Cc3cnc(CNCCN)cn3)c2n1. The molecule has 0 fully saturated rings. The molecule has 0 aliphatic heterocycles. The van der Waals surface area contributed by atoms with Gasteiger partial charge in [-0.3, -0.25) is 14.5 Å². The third kappa shape index (κ3) is 4.61. The molecule has 28 heavy (non-hydrogen) atoms. The maximum absolute atomic E-state index is 12.4. The molecule has 11 heteroatoms. The van der Waals surface area contributed by atoms with Crippen molar-refractivity contribution in [2.75, 3.05) is 25.4 Å². The van der Waals surface area contributed by atoms with Crippen LogP contribution in [0, 0.1) is 0 Å². The summed E-state index contributed by atoms with van der Waals surface area (Å²) in [6.45, 7) is 4.60. The van der Waals surface area contributed by atoms with Gasteiger partial charge in [-0.15, -0.1) is 0 Å². The van der Waals surface area contributed by atoms with Crippen LogP contribution >= 0.6 is 0 Å². The van der Waals surface area contributed by atoms with Gasteiger partial charge in [0.15, 0.2) is 11.5 Å². The number of unbranched alkanes of at least 4 members (excludes halogenated alkanes) is 1. The topological polar surface area (TPSA) is 163 Å². The summed E-state index contributed by atoms with van der Waals surface area (Å²) in [5, 5.41) is 3.15. The molecule has 0 unspecified atom stereocenters. The molecule has 3 heterocycles. The largest absolute Gasteiger partial charge is 0.463 e. The van der Waals surface area contributed by atoms with E-state index in [0.29, 0.717) is 43.1 Å². The van der Waals surface area contributed by atoms with Gasteiger partial charge in [0, 0.05) is 19.6 Å². The van der Waals surface area contributed by atoms with Crippen LogP contribution in [0.1, 0.15) is 31.2 Å². The first-order valence-electron chi connectivity index (χ1n) is 9.21. The average Bonchev–Trinajstić information content (AvgIpc) is 3.00. The van der Waals surface area contributed by atoms with E-state index in [1.54, 1.807) is 12.4 Å². The molecule has 3 aromatic heterocycles. The van der Waals surface area contributed by atoms with E-state index in [1.807, 2.05) is 0 Å². The molecule has 0 atom stereocenters. The van der Waals surface area contributed by atoms with Gasteiger partial charge in [-0.25, -0.2) is 4.79 Å². The Morgan fingerprint density at radius 2 is 2.04 bits per heavy atom. The van der Waals surface area contributed by atoms with E-state index in [4.69, 9.17) is 16.2 Å². The van der Waals surface area contributed by atoms with Gasteiger partial charge in [0.05, 0.1) is 36.9 Å². The predicted octanol–water partition coefficient (Wildman–Crippen LogP) is -0.233. The quantitative estimate of drug-likeness (QED) is 0.344. The van der Waals surface area contributed by atoms with E-state index in [9.17, 15) is 4.79 Å². The fourth-order valence-corrected chi connectivity index (χ4v) is 2.58. The first-order valence-corrected chi connectivity index (χ1v) is 9.21. The normalized spacial score (nSPS) is 11.2. The Hall–Kier alpha value is -3.05. The van der Waals surface area contributed by atoms with Gasteiger partial charge in [0.2, 0.25) is 0 Å². The van der Waals surface area contributed by atoms with Crippen molar-refractivity contribution in [3.63, 3.8) is 0 Å². The summed E-state index contributed by atoms with van der Waals surface area (Å²) in [6.07, 6.45) is 5.17. The molecule has 150 valence electrons. The first kappa shape index (κ1) is 19.7. The smallest absolute Gasteiger partial charge is 0.328 e. The zero-order valence-electron chi connectivity index (χ0n) is 15.8. The molecular formula is C17H25N9O2. The van der Waals surface area contributed by atoms with Gasteiger partial charge in [-0.1, -0.05) is 13.3 Å². The molecule has 0 saturated heterocycles. The number of nitrogens with one attached hydrogen (secondary N) is 2. The Balaban J connectivity index is 1.82. The third-order valence-corrected chi connectivity index (χ3v) is 4.07. The summed E-state index contributed by atoms with van der Waals surface area (Å²) in [6, 6.07) is 0.151. The summed E-state index contributed by atoms with van der Waals surface area (Å²) < 4.78 is 6.98. The minimum Gasteiger partial charge on any atom is -0.463 e. The summed E-state index contributed by atoms with van der Waals surface area (Å²) in [5.74, 6) is 0.166. The van der Waals surface area contributed by atoms with Gasteiger partial charge >= 0.3 is 11.7 Å². The molecule has 0 bridgehead atoms. The molecule has 6 N–H and O–H groups in total. The maximum atomic E-state index is 12.4. The van der Waals surface area contributed by atoms with Crippen molar-refractivity contribution >= 4 is 17.0 Å². The molecule has 0 aliphatic carbocycles. The van der Waals surface area contributed by atoms with Crippen molar-refractivity contribution in [1.82, 2.24) is 34.8 Å². The lowest BCUT2D eigenvalue weighted by Gasteiger charge is -2.07. The van der Waals surface area contributed by atoms with Crippen LogP contribution in [0.25, 0.3) is 11.2 Å². The third-order valence-electron chi connectivity index (χ3n) is 4.07. The van der Waals surface area contributed by atoms with Crippen LogP contribution in [-0.4, -0.2) is 49.2 Å². The lowest BCUT2D eigenvalue weighted by atomic mass is 10.4. The van der Waals surface area contributed by atoms with Crippen molar-refractivity contribution in [2.24, 2.45) is 5.73 Å². The molecule has 0 amide bonds. The predicted molar refractivity (Wildman–Crippen MR) is 105 cm³/mol. The number of imidazole rings is 1. The number of aromatic nitrogens is 6. The molecule has 0 saturated carbocycles. The van der Waals surface area contributed by atoms with Crippen LogP contribution in [0.2, 0.25) is 0 Å². The number of fused-ring (bicyclic) bond motifs is 1. The van der Waals surface area contributed by atoms with Crippen LogP contribution in [0.5, 0.6) is 6.01 Å². The number of rotatable bonds is 10. The monoisotopic (exact) mass is 387 g/mol. The zero-order valence-corrected chi connectivity index (χ0v) is 15.8. The van der Waals surface area contributed by atoms with Crippen LogP contribution in [0.15, 0.2) is 17.2 Å². The van der Waals surface area contributed by atoms with Crippen molar-refractivity contribution in [1.29, 1.82) is 0 Å². The molecule has 0 spiro atoms. The number of H-pyrrole nitrogens is 1. The Labute approximate surface area is 161 Å². The number of nitrogens with two attached hydrogens (primary N) is 2. The summed E-state index contributed by atoms with van der Waals surface area (Å²) in [7, 11) is 0. The van der Waals surface area contributed by atoms with E-state index in [1.165, 1.54) is 4.57 Å². The van der Waals surface area contributed by atoms with E-state index in [-0.39, 0.29) is 24.1 Å². The van der Waals surface area contributed by atoms with Crippen LogP contribution < -0.4 is 27.2 Å². The maximum Gasteiger partial charge on any atom is 0.328 e. The minimum absolute atomic E-state index is 0.151. The highest BCUT2D eigenvalue weighted by Gasteiger charge is 2.15. The van der Waals surface area contributed by atoms with E-state index >= 15 is 0 Å². The Morgan fingerprint density at radius 1 is 1.25 bits per heavy atom. The van der Waals surface area contributed by atoms with Gasteiger partial charge < -0.3 is 26.5 Å². The molecule has 3 rings (SSSR count). The molecule has 0 radical (unpaired) electrons. The van der Waals surface area contributed by atoms with Crippen LogP contribution in [-0.2, 0) is 13.1 Å². The van der Waals surface area contributed by atoms with Gasteiger partial charge in [0.25, 0.3) is 0 Å². The highest BCUT2D eigenvalue weighted by molar-refractivity contribution is 5.81. The number of hydrogen-bond acceptors (Lipinski definition) is 9. The second-order valence-electron chi connectivity index (χ2n) is 6.27. The molecule has 3 aromatic rings. The number of anilines is 1. The van der Waals surface area contributed by atoms with Gasteiger partial charge in [-0.2, -0.15) is 9.97 Å². The second kappa shape index (κ2) is 9.24. The molecule has 0 aromatic carbocycles. The Kier molecular flexibility index (Phi) is 6.50. The summed E-state index contributed by atoms with van der Waals surface area (Å²) in [5.41, 5.74) is 13.2. The lowest BCUT2D eigenvalue weighted by Crippen LogP contribution is -2.22.